The normalized spacial score (nSPS) is 17.7. The summed E-state index contributed by atoms with van der Waals surface area (Å²) in [6.45, 7) is 2.67. The molecule has 1 aliphatic rings. The maximum absolute atomic E-state index is 12.9. The lowest BCUT2D eigenvalue weighted by Gasteiger charge is -2.35. The summed E-state index contributed by atoms with van der Waals surface area (Å²) in [6, 6.07) is 14.1. The molecule has 1 heterocycles. The van der Waals surface area contributed by atoms with Crippen LogP contribution < -0.4 is 0 Å². The lowest BCUT2D eigenvalue weighted by molar-refractivity contribution is 0.0658. The van der Waals surface area contributed by atoms with Crippen molar-refractivity contribution in [3.8, 4) is 0 Å². The molecule has 3 heteroatoms. The Kier molecular flexibility index (Phi) is 3.26. The lowest BCUT2D eigenvalue weighted by Crippen LogP contribution is -2.42. The standard InChI is InChI=1S/C17H16FNO/c1-12-10-14-4-2-3-5-15(14)11-19(12)17(20)13-6-8-16(18)9-7-13/h2-9,12H,10-11H2,1H3. The predicted octanol–water partition coefficient (Wildman–Crippen LogP) is 3.41. The minimum absolute atomic E-state index is 0.0352. The van der Waals surface area contributed by atoms with Gasteiger partial charge in [-0.25, -0.2) is 4.39 Å². The Bertz CT molecular complexity index is 636. The van der Waals surface area contributed by atoms with Gasteiger partial charge >= 0.3 is 0 Å². The number of benzene rings is 2. The number of halogens is 1. The maximum Gasteiger partial charge on any atom is 0.254 e. The van der Waals surface area contributed by atoms with Gasteiger partial charge in [0.15, 0.2) is 0 Å². The third-order valence-corrected chi connectivity index (χ3v) is 3.86. The van der Waals surface area contributed by atoms with Crippen LogP contribution in [0.25, 0.3) is 0 Å². The zero-order chi connectivity index (χ0) is 14.1. The number of hydrogen-bond acceptors (Lipinski definition) is 1. The van der Waals surface area contributed by atoms with E-state index in [4.69, 9.17) is 0 Å². The van der Waals surface area contributed by atoms with E-state index < -0.39 is 0 Å². The Morgan fingerprint density at radius 2 is 1.75 bits per heavy atom. The third-order valence-electron chi connectivity index (χ3n) is 3.86. The van der Waals surface area contributed by atoms with Crippen LogP contribution in [0.4, 0.5) is 4.39 Å². The third kappa shape index (κ3) is 2.31. The quantitative estimate of drug-likeness (QED) is 0.777. The molecule has 1 atom stereocenters. The van der Waals surface area contributed by atoms with Gasteiger partial charge in [-0.1, -0.05) is 24.3 Å². The van der Waals surface area contributed by atoms with Gasteiger partial charge in [0.1, 0.15) is 5.82 Å². The van der Waals surface area contributed by atoms with Gasteiger partial charge in [-0.2, -0.15) is 0 Å². The highest BCUT2D eigenvalue weighted by molar-refractivity contribution is 5.94. The van der Waals surface area contributed by atoms with Crippen LogP contribution in [-0.2, 0) is 13.0 Å². The van der Waals surface area contributed by atoms with Crippen molar-refractivity contribution in [2.45, 2.75) is 25.9 Å². The Labute approximate surface area is 117 Å². The van der Waals surface area contributed by atoms with Gasteiger partial charge in [0.05, 0.1) is 0 Å². The molecule has 0 saturated heterocycles. The summed E-state index contributed by atoms with van der Waals surface area (Å²) in [5.41, 5.74) is 3.04. The monoisotopic (exact) mass is 269 g/mol. The maximum atomic E-state index is 12.9. The van der Waals surface area contributed by atoms with Crippen LogP contribution in [0.2, 0.25) is 0 Å². The van der Waals surface area contributed by atoms with Crippen molar-refractivity contribution in [2.75, 3.05) is 0 Å². The molecule has 0 spiro atoms. The van der Waals surface area contributed by atoms with Gasteiger partial charge in [-0.15, -0.1) is 0 Å². The molecule has 0 N–H and O–H groups in total. The number of amides is 1. The Morgan fingerprint density at radius 3 is 2.45 bits per heavy atom. The van der Waals surface area contributed by atoms with Crippen molar-refractivity contribution in [1.29, 1.82) is 0 Å². The SMILES string of the molecule is CC1Cc2ccccc2CN1C(=O)c1ccc(F)cc1. The van der Waals surface area contributed by atoms with E-state index >= 15 is 0 Å². The minimum Gasteiger partial charge on any atom is -0.331 e. The first-order chi connectivity index (χ1) is 9.65. The second kappa shape index (κ2) is 5.08. The number of carbonyl (C=O) groups excluding carboxylic acids is 1. The van der Waals surface area contributed by atoms with E-state index in [0.717, 1.165) is 6.42 Å². The number of rotatable bonds is 1. The van der Waals surface area contributed by atoms with E-state index in [9.17, 15) is 9.18 Å². The van der Waals surface area contributed by atoms with E-state index in [1.54, 1.807) is 12.1 Å². The second-order valence-corrected chi connectivity index (χ2v) is 5.26. The van der Waals surface area contributed by atoms with Gasteiger partial charge in [0.25, 0.3) is 5.91 Å². The van der Waals surface area contributed by atoms with Crippen LogP contribution in [0.1, 0.15) is 28.4 Å². The average molecular weight is 269 g/mol. The molecule has 0 radical (unpaired) electrons. The van der Waals surface area contributed by atoms with Gasteiger partial charge in [0, 0.05) is 18.2 Å². The minimum atomic E-state index is -0.321. The molecular formula is C17H16FNO. The van der Waals surface area contributed by atoms with E-state index in [1.807, 2.05) is 17.0 Å². The highest BCUT2D eigenvalue weighted by atomic mass is 19.1. The smallest absolute Gasteiger partial charge is 0.254 e. The molecule has 20 heavy (non-hydrogen) atoms. The lowest BCUT2D eigenvalue weighted by atomic mass is 9.94. The molecule has 0 fully saturated rings. The number of fused-ring (bicyclic) bond motifs is 1. The molecule has 0 bridgehead atoms. The largest absolute Gasteiger partial charge is 0.331 e. The fraction of sp³-hybridized carbons (Fsp3) is 0.235. The molecule has 1 unspecified atom stereocenters. The van der Waals surface area contributed by atoms with Gasteiger partial charge < -0.3 is 4.90 Å². The highest BCUT2D eigenvalue weighted by Crippen LogP contribution is 2.24. The zero-order valence-electron chi connectivity index (χ0n) is 11.3. The van der Waals surface area contributed by atoms with Crippen LogP contribution in [0, 0.1) is 5.82 Å². The topological polar surface area (TPSA) is 20.3 Å². The van der Waals surface area contributed by atoms with Crippen LogP contribution in [-0.4, -0.2) is 16.8 Å². The molecule has 0 aliphatic carbocycles. The van der Waals surface area contributed by atoms with Gasteiger partial charge in [-0.05, 0) is 48.7 Å². The fourth-order valence-electron chi connectivity index (χ4n) is 2.71. The summed E-state index contributed by atoms with van der Waals surface area (Å²) in [4.78, 5) is 14.4. The first kappa shape index (κ1) is 12.9. The zero-order valence-corrected chi connectivity index (χ0v) is 11.3. The summed E-state index contributed by atoms with van der Waals surface area (Å²) in [6.07, 6.45) is 0.864. The second-order valence-electron chi connectivity index (χ2n) is 5.26. The summed E-state index contributed by atoms with van der Waals surface area (Å²) in [7, 11) is 0. The molecule has 1 amide bonds. The Hall–Kier alpha value is -2.16. The average Bonchev–Trinajstić information content (AvgIpc) is 2.46. The number of hydrogen-bond donors (Lipinski definition) is 0. The number of nitrogens with zero attached hydrogens (tertiary/aromatic N) is 1. The summed E-state index contributed by atoms with van der Waals surface area (Å²) in [5.74, 6) is -0.356. The van der Waals surface area contributed by atoms with Crippen molar-refractivity contribution >= 4 is 5.91 Å². The predicted molar refractivity (Wildman–Crippen MR) is 75.9 cm³/mol. The molecule has 1 aliphatic heterocycles. The Morgan fingerprint density at radius 1 is 1.10 bits per heavy atom. The van der Waals surface area contributed by atoms with Gasteiger partial charge in [0.2, 0.25) is 0 Å². The van der Waals surface area contributed by atoms with E-state index in [1.165, 1.54) is 23.3 Å². The fourth-order valence-corrected chi connectivity index (χ4v) is 2.71. The van der Waals surface area contributed by atoms with E-state index in [0.29, 0.717) is 12.1 Å². The van der Waals surface area contributed by atoms with Crippen LogP contribution >= 0.6 is 0 Å². The summed E-state index contributed by atoms with van der Waals surface area (Å²) >= 11 is 0. The first-order valence-electron chi connectivity index (χ1n) is 6.78. The van der Waals surface area contributed by atoms with Crippen LogP contribution in [0.15, 0.2) is 48.5 Å². The highest BCUT2D eigenvalue weighted by Gasteiger charge is 2.27. The van der Waals surface area contributed by atoms with Crippen LogP contribution in [0.5, 0.6) is 0 Å². The Balaban J connectivity index is 1.87. The summed E-state index contributed by atoms with van der Waals surface area (Å²) < 4.78 is 12.9. The molecule has 0 aromatic heterocycles. The molecule has 2 aromatic rings. The van der Waals surface area contributed by atoms with E-state index in [2.05, 4.69) is 19.1 Å². The molecule has 0 saturated carbocycles. The van der Waals surface area contributed by atoms with Crippen molar-refractivity contribution in [1.82, 2.24) is 4.90 Å². The van der Waals surface area contributed by atoms with Crippen molar-refractivity contribution in [2.24, 2.45) is 0 Å². The molecular weight excluding hydrogens is 253 g/mol. The van der Waals surface area contributed by atoms with Crippen molar-refractivity contribution in [3.05, 3.63) is 71.0 Å². The first-order valence-corrected chi connectivity index (χ1v) is 6.78. The van der Waals surface area contributed by atoms with Crippen LogP contribution in [0.3, 0.4) is 0 Å². The summed E-state index contributed by atoms with van der Waals surface area (Å²) in [5, 5.41) is 0. The van der Waals surface area contributed by atoms with E-state index in [-0.39, 0.29) is 17.8 Å². The number of carbonyl (C=O) groups is 1. The van der Waals surface area contributed by atoms with Crippen molar-refractivity contribution in [3.63, 3.8) is 0 Å². The molecule has 3 rings (SSSR count). The van der Waals surface area contributed by atoms with Gasteiger partial charge in [-0.3, -0.25) is 4.79 Å². The molecule has 2 aromatic carbocycles. The molecule has 2 nitrogen and oxygen atoms in total. The molecule has 102 valence electrons. The van der Waals surface area contributed by atoms with Crippen molar-refractivity contribution < 1.29 is 9.18 Å².